The quantitative estimate of drug-likeness (QED) is 0.775. The fourth-order valence-electron chi connectivity index (χ4n) is 2.33. The first kappa shape index (κ1) is 12.3. The molecule has 0 bridgehead atoms. The summed E-state index contributed by atoms with van der Waals surface area (Å²) in [5, 5.41) is 14.4. The van der Waals surface area contributed by atoms with Crippen LogP contribution in [0.1, 0.15) is 21.7 Å². The zero-order valence-corrected chi connectivity index (χ0v) is 11.2. The van der Waals surface area contributed by atoms with E-state index in [0.29, 0.717) is 22.4 Å². The summed E-state index contributed by atoms with van der Waals surface area (Å²) in [6, 6.07) is 11.1. The molecule has 5 nitrogen and oxygen atoms in total. The summed E-state index contributed by atoms with van der Waals surface area (Å²) < 4.78 is 1.68. The van der Waals surface area contributed by atoms with E-state index in [4.69, 9.17) is 0 Å². The monoisotopic (exact) mass is 267 g/mol. The van der Waals surface area contributed by atoms with Gasteiger partial charge in [0.25, 0.3) is 0 Å². The van der Waals surface area contributed by atoms with E-state index in [2.05, 4.69) is 10.1 Å². The molecule has 0 aliphatic rings. The SMILES string of the molecule is Cc1cc(C(=O)O)c2c(C)nn(-c3ccccc3)c2n1. The fourth-order valence-corrected chi connectivity index (χ4v) is 2.33. The standard InChI is InChI=1S/C15H13N3O2/c1-9-8-12(15(19)20)13-10(2)17-18(14(13)16-9)11-6-4-3-5-7-11/h3-8H,1-2H3,(H,19,20). The number of para-hydroxylation sites is 1. The second-order valence-corrected chi connectivity index (χ2v) is 4.65. The first-order valence-electron chi connectivity index (χ1n) is 6.23. The average Bonchev–Trinajstić information content (AvgIpc) is 2.76. The number of carbonyl (C=O) groups is 1. The molecule has 1 N–H and O–H groups in total. The molecular formula is C15H13N3O2. The molecule has 3 rings (SSSR count). The van der Waals surface area contributed by atoms with Crippen molar-refractivity contribution in [2.45, 2.75) is 13.8 Å². The summed E-state index contributed by atoms with van der Waals surface area (Å²) >= 11 is 0. The fraction of sp³-hybridized carbons (Fsp3) is 0.133. The van der Waals surface area contributed by atoms with Crippen LogP contribution in [0.25, 0.3) is 16.7 Å². The second kappa shape index (κ2) is 4.45. The first-order valence-corrected chi connectivity index (χ1v) is 6.23. The van der Waals surface area contributed by atoms with Crippen molar-refractivity contribution >= 4 is 17.0 Å². The van der Waals surface area contributed by atoms with E-state index in [1.54, 1.807) is 24.6 Å². The van der Waals surface area contributed by atoms with Gasteiger partial charge in [0.05, 0.1) is 22.3 Å². The number of fused-ring (bicyclic) bond motifs is 1. The highest BCUT2D eigenvalue weighted by atomic mass is 16.4. The van der Waals surface area contributed by atoms with Crippen molar-refractivity contribution in [3.05, 3.63) is 53.3 Å². The molecule has 0 amide bonds. The number of benzene rings is 1. The van der Waals surface area contributed by atoms with Crippen LogP contribution in [-0.2, 0) is 0 Å². The summed E-state index contributed by atoms with van der Waals surface area (Å²) in [6.45, 7) is 3.58. The van der Waals surface area contributed by atoms with Crippen molar-refractivity contribution in [1.29, 1.82) is 0 Å². The smallest absolute Gasteiger partial charge is 0.336 e. The number of aromatic carboxylic acids is 1. The van der Waals surface area contributed by atoms with Gasteiger partial charge < -0.3 is 5.11 Å². The molecule has 1 aromatic carbocycles. The van der Waals surface area contributed by atoms with Crippen LogP contribution in [0, 0.1) is 13.8 Å². The predicted molar refractivity (Wildman–Crippen MR) is 75.3 cm³/mol. The third kappa shape index (κ3) is 1.84. The zero-order valence-electron chi connectivity index (χ0n) is 11.2. The molecular weight excluding hydrogens is 254 g/mol. The van der Waals surface area contributed by atoms with Crippen molar-refractivity contribution in [3.63, 3.8) is 0 Å². The van der Waals surface area contributed by atoms with Crippen LogP contribution in [0.4, 0.5) is 0 Å². The lowest BCUT2D eigenvalue weighted by Gasteiger charge is -2.04. The van der Waals surface area contributed by atoms with Gasteiger partial charge >= 0.3 is 5.97 Å². The van der Waals surface area contributed by atoms with E-state index in [1.165, 1.54) is 0 Å². The summed E-state index contributed by atoms with van der Waals surface area (Å²) in [5.41, 5.74) is 3.00. The Hall–Kier alpha value is -2.69. The van der Waals surface area contributed by atoms with Crippen LogP contribution in [0.15, 0.2) is 36.4 Å². The number of aryl methyl sites for hydroxylation is 2. The van der Waals surface area contributed by atoms with E-state index in [1.807, 2.05) is 30.3 Å². The number of carboxylic acids is 1. The van der Waals surface area contributed by atoms with E-state index in [0.717, 1.165) is 5.69 Å². The van der Waals surface area contributed by atoms with Gasteiger partial charge in [0.2, 0.25) is 0 Å². The number of nitrogens with zero attached hydrogens (tertiary/aromatic N) is 3. The van der Waals surface area contributed by atoms with E-state index in [9.17, 15) is 9.90 Å². The highest BCUT2D eigenvalue weighted by molar-refractivity contribution is 6.03. The van der Waals surface area contributed by atoms with Gasteiger partial charge in [-0.2, -0.15) is 5.10 Å². The normalized spacial score (nSPS) is 10.9. The number of hydrogen-bond donors (Lipinski definition) is 1. The minimum Gasteiger partial charge on any atom is -0.478 e. The molecule has 20 heavy (non-hydrogen) atoms. The molecule has 0 fully saturated rings. The maximum Gasteiger partial charge on any atom is 0.336 e. The van der Waals surface area contributed by atoms with Gasteiger partial charge in [-0.1, -0.05) is 18.2 Å². The number of hydrogen-bond acceptors (Lipinski definition) is 3. The number of pyridine rings is 1. The zero-order chi connectivity index (χ0) is 14.3. The van der Waals surface area contributed by atoms with Crippen LogP contribution >= 0.6 is 0 Å². The molecule has 2 heterocycles. The van der Waals surface area contributed by atoms with Gasteiger partial charge in [0.15, 0.2) is 5.65 Å². The molecule has 0 saturated carbocycles. The molecule has 100 valence electrons. The third-order valence-electron chi connectivity index (χ3n) is 3.17. The minimum absolute atomic E-state index is 0.243. The third-order valence-corrected chi connectivity index (χ3v) is 3.17. The van der Waals surface area contributed by atoms with Crippen molar-refractivity contribution in [1.82, 2.24) is 14.8 Å². The highest BCUT2D eigenvalue weighted by Crippen LogP contribution is 2.24. The molecule has 0 aliphatic heterocycles. The van der Waals surface area contributed by atoms with Gasteiger partial charge in [-0.3, -0.25) is 0 Å². The summed E-state index contributed by atoms with van der Waals surface area (Å²) in [5.74, 6) is -0.962. The van der Waals surface area contributed by atoms with Crippen molar-refractivity contribution in [3.8, 4) is 5.69 Å². The van der Waals surface area contributed by atoms with Crippen LogP contribution < -0.4 is 0 Å². The van der Waals surface area contributed by atoms with Gasteiger partial charge in [0.1, 0.15) is 0 Å². The Morgan fingerprint density at radius 1 is 1.20 bits per heavy atom. The van der Waals surface area contributed by atoms with Crippen LogP contribution in [0.5, 0.6) is 0 Å². The van der Waals surface area contributed by atoms with Crippen LogP contribution in [-0.4, -0.2) is 25.8 Å². The summed E-state index contributed by atoms with van der Waals surface area (Å²) in [7, 11) is 0. The molecule has 2 aromatic heterocycles. The molecule has 0 atom stereocenters. The molecule has 5 heteroatoms. The largest absolute Gasteiger partial charge is 0.478 e. The van der Waals surface area contributed by atoms with Crippen LogP contribution in [0.3, 0.4) is 0 Å². The maximum atomic E-state index is 11.4. The number of rotatable bonds is 2. The Kier molecular flexibility index (Phi) is 2.75. The lowest BCUT2D eigenvalue weighted by Crippen LogP contribution is -2.02. The van der Waals surface area contributed by atoms with Gasteiger partial charge in [-0.25, -0.2) is 14.5 Å². The Balaban J connectivity index is 2.40. The lowest BCUT2D eigenvalue weighted by molar-refractivity contribution is 0.0699. The highest BCUT2D eigenvalue weighted by Gasteiger charge is 2.18. The molecule has 0 spiro atoms. The average molecular weight is 267 g/mol. The lowest BCUT2D eigenvalue weighted by atomic mass is 10.1. The Labute approximate surface area is 115 Å². The molecule has 0 aliphatic carbocycles. The second-order valence-electron chi connectivity index (χ2n) is 4.65. The number of carboxylic acid groups (broad SMARTS) is 1. The Morgan fingerprint density at radius 2 is 1.90 bits per heavy atom. The Bertz CT molecular complexity index is 807. The van der Waals surface area contributed by atoms with Gasteiger partial charge in [0, 0.05) is 5.69 Å². The molecule has 0 radical (unpaired) electrons. The first-order chi connectivity index (χ1) is 9.58. The van der Waals surface area contributed by atoms with Gasteiger partial charge in [-0.15, -0.1) is 0 Å². The number of aromatic nitrogens is 3. The summed E-state index contributed by atoms with van der Waals surface area (Å²) in [4.78, 5) is 15.9. The molecule has 3 aromatic rings. The topological polar surface area (TPSA) is 68.0 Å². The van der Waals surface area contributed by atoms with E-state index >= 15 is 0 Å². The maximum absolute atomic E-state index is 11.4. The van der Waals surface area contributed by atoms with E-state index in [-0.39, 0.29) is 5.56 Å². The Morgan fingerprint density at radius 3 is 2.55 bits per heavy atom. The van der Waals surface area contributed by atoms with Crippen LogP contribution in [0.2, 0.25) is 0 Å². The predicted octanol–water partition coefficient (Wildman–Crippen LogP) is 2.74. The molecule has 0 saturated heterocycles. The van der Waals surface area contributed by atoms with Crippen molar-refractivity contribution in [2.24, 2.45) is 0 Å². The molecule has 0 unspecified atom stereocenters. The minimum atomic E-state index is -0.962. The van der Waals surface area contributed by atoms with E-state index < -0.39 is 5.97 Å². The summed E-state index contributed by atoms with van der Waals surface area (Å²) in [6.07, 6.45) is 0. The van der Waals surface area contributed by atoms with Crippen molar-refractivity contribution < 1.29 is 9.90 Å². The van der Waals surface area contributed by atoms with Crippen molar-refractivity contribution in [2.75, 3.05) is 0 Å². The van der Waals surface area contributed by atoms with Gasteiger partial charge in [-0.05, 0) is 32.0 Å².